The lowest BCUT2D eigenvalue weighted by Gasteiger charge is -2.28. The number of likely N-dealkylation sites (N-methyl/N-ethyl adjacent to an activating group) is 1. The fourth-order valence-corrected chi connectivity index (χ4v) is 3.27. The average Bonchev–Trinajstić information content (AvgIpc) is 2.63. The van der Waals surface area contributed by atoms with E-state index < -0.39 is 12.1 Å². The van der Waals surface area contributed by atoms with Gasteiger partial charge in [-0.3, -0.25) is 9.59 Å². The maximum absolute atomic E-state index is 12.0. The molecule has 0 aromatic rings. The first-order valence-corrected chi connectivity index (χ1v) is 11.8. The highest BCUT2D eigenvalue weighted by molar-refractivity contribution is 5.71. The molecule has 5 nitrogen and oxygen atoms in total. The van der Waals surface area contributed by atoms with E-state index in [4.69, 9.17) is 9.84 Å². The number of esters is 1. The van der Waals surface area contributed by atoms with Gasteiger partial charge in [0.1, 0.15) is 6.54 Å². The van der Waals surface area contributed by atoms with Crippen LogP contribution in [0.3, 0.4) is 0 Å². The molecule has 0 aromatic heterocycles. The number of carboxylic acids is 1. The van der Waals surface area contributed by atoms with Crippen LogP contribution in [-0.2, 0) is 14.3 Å². The first-order chi connectivity index (χ1) is 14.2. The first-order valence-electron chi connectivity index (χ1n) is 11.8. The molecule has 0 radical (unpaired) electrons. The molecule has 174 valence electrons. The summed E-state index contributed by atoms with van der Waals surface area (Å²) in [6.07, 6.45) is 21.3. The van der Waals surface area contributed by atoms with E-state index in [1.54, 1.807) is 0 Å². The summed E-state index contributed by atoms with van der Waals surface area (Å²) < 4.78 is 5.97. The van der Waals surface area contributed by atoms with E-state index in [0.717, 1.165) is 32.1 Å². The lowest BCUT2D eigenvalue weighted by molar-refractivity contribution is -0.873. The van der Waals surface area contributed by atoms with Crippen LogP contribution in [-0.4, -0.2) is 55.3 Å². The van der Waals surface area contributed by atoms with E-state index in [0.29, 0.717) is 17.4 Å². The van der Waals surface area contributed by atoms with Crippen molar-refractivity contribution in [2.45, 2.75) is 96.5 Å². The van der Waals surface area contributed by atoms with Gasteiger partial charge >= 0.3 is 11.9 Å². The van der Waals surface area contributed by atoms with Crippen LogP contribution in [0.25, 0.3) is 0 Å². The molecule has 0 unspecified atom stereocenters. The van der Waals surface area contributed by atoms with Crippen molar-refractivity contribution in [2.24, 2.45) is 0 Å². The quantitative estimate of drug-likeness (QED) is 0.121. The summed E-state index contributed by atoms with van der Waals surface area (Å²) in [5.74, 6) is -1.21. The average molecular weight is 425 g/mol. The van der Waals surface area contributed by atoms with E-state index in [-0.39, 0.29) is 12.4 Å². The van der Waals surface area contributed by atoms with Gasteiger partial charge in [-0.05, 0) is 38.5 Å². The minimum Gasteiger partial charge on any atom is -0.481 e. The van der Waals surface area contributed by atoms with Gasteiger partial charge in [-0.2, -0.15) is 0 Å². The molecule has 0 amide bonds. The van der Waals surface area contributed by atoms with Crippen molar-refractivity contribution in [2.75, 3.05) is 27.7 Å². The number of carboxylic acid groups (broad SMARTS) is 1. The van der Waals surface area contributed by atoms with Gasteiger partial charge in [0.15, 0.2) is 6.10 Å². The monoisotopic (exact) mass is 424 g/mol. The molecule has 0 saturated carbocycles. The second-order valence-electron chi connectivity index (χ2n) is 9.16. The molecule has 0 aliphatic carbocycles. The number of hydrogen-bond acceptors (Lipinski definition) is 3. The van der Waals surface area contributed by atoms with Crippen molar-refractivity contribution < 1.29 is 23.9 Å². The van der Waals surface area contributed by atoms with E-state index in [1.807, 2.05) is 21.1 Å². The van der Waals surface area contributed by atoms with E-state index in [1.165, 1.54) is 38.5 Å². The lowest BCUT2D eigenvalue weighted by atomic mass is 10.1. The Labute approximate surface area is 184 Å². The van der Waals surface area contributed by atoms with Crippen LogP contribution in [0.4, 0.5) is 0 Å². The number of rotatable bonds is 19. The van der Waals surface area contributed by atoms with E-state index in [2.05, 4.69) is 31.2 Å². The van der Waals surface area contributed by atoms with Crippen molar-refractivity contribution in [3.63, 3.8) is 0 Å². The highest BCUT2D eigenvalue weighted by atomic mass is 16.5. The van der Waals surface area contributed by atoms with Gasteiger partial charge < -0.3 is 14.3 Å². The van der Waals surface area contributed by atoms with E-state index >= 15 is 0 Å². The molecule has 0 aromatic carbocycles. The summed E-state index contributed by atoms with van der Waals surface area (Å²) >= 11 is 0. The predicted octanol–water partition coefficient (Wildman–Crippen LogP) is 5.89. The molecule has 0 saturated heterocycles. The van der Waals surface area contributed by atoms with Crippen LogP contribution in [0.2, 0.25) is 0 Å². The fourth-order valence-electron chi connectivity index (χ4n) is 3.27. The molecule has 30 heavy (non-hydrogen) atoms. The molecule has 0 aliphatic rings. The summed E-state index contributed by atoms with van der Waals surface area (Å²) in [6, 6.07) is 0. The van der Waals surface area contributed by atoms with Crippen LogP contribution in [0, 0.1) is 0 Å². The summed E-state index contributed by atoms with van der Waals surface area (Å²) in [6.45, 7) is 2.73. The van der Waals surface area contributed by atoms with Crippen LogP contribution in [0.15, 0.2) is 24.3 Å². The smallest absolute Gasteiger partial charge is 0.307 e. The number of ether oxygens (including phenoxy) is 1. The lowest BCUT2D eigenvalue weighted by Crippen LogP contribution is -2.43. The molecular weight excluding hydrogens is 378 g/mol. The van der Waals surface area contributed by atoms with Crippen molar-refractivity contribution in [3.05, 3.63) is 24.3 Å². The van der Waals surface area contributed by atoms with Crippen LogP contribution < -0.4 is 0 Å². The van der Waals surface area contributed by atoms with E-state index in [9.17, 15) is 9.59 Å². The standard InChI is InChI=1S/C25H45NO4/c1-5-6-7-8-9-10-11-12-13-14-15-16-17-18-19-20-25(29)30-23(21-24(27)28)22-26(2,3)4/h9-10,12-13,23H,5-8,11,14-22H2,1-4H3/p+1/t23-/m1/s1. The Bertz CT molecular complexity index is 506. The van der Waals surface area contributed by atoms with Gasteiger partial charge in [-0.15, -0.1) is 0 Å². The third-order valence-electron chi connectivity index (χ3n) is 4.78. The number of aliphatic carboxylic acids is 1. The molecule has 0 heterocycles. The van der Waals surface area contributed by atoms with Crippen LogP contribution >= 0.6 is 0 Å². The zero-order valence-corrected chi connectivity index (χ0v) is 19.9. The maximum Gasteiger partial charge on any atom is 0.307 e. The first kappa shape index (κ1) is 28.4. The topological polar surface area (TPSA) is 63.6 Å². The molecule has 0 bridgehead atoms. The summed E-state index contributed by atoms with van der Waals surface area (Å²) in [5, 5.41) is 9.00. The molecule has 1 atom stereocenters. The zero-order valence-electron chi connectivity index (χ0n) is 19.9. The van der Waals surface area contributed by atoms with Gasteiger partial charge in [0.25, 0.3) is 0 Å². The van der Waals surface area contributed by atoms with Gasteiger partial charge in [-0.1, -0.05) is 63.3 Å². The molecule has 1 N–H and O–H groups in total. The van der Waals surface area contributed by atoms with Crippen molar-refractivity contribution in [1.29, 1.82) is 0 Å². The minimum absolute atomic E-state index is 0.135. The number of allylic oxidation sites excluding steroid dienone is 4. The predicted molar refractivity (Wildman–Crippen MR) is 124 cm³/mol. The van der Waals surface area contributed by atoms with Crippen LogP contribution in [0.1, 0.15) is 90.4 Å². The second kappa shape index (κ2) is 18.2. The number of hydrogen-bond donors (Lipinski definition) is 1. The Morgan fingerprint density at radius 1 is 0.867 bits per heavy atom. The van der Waals surface area contributed by atoms with Gasteiger partial charge in [0.05, 0.1) is 27.6 Å². The molecule has 0 aliphatic heterocycles. The van der Waals surface area contributed by atoms with Crippen molar-refractivity contribution in [3.8, 4) is 0 Å². The Morgan fingerprint density at radius 2 is 1.43 bits per heavy atom. The SMILES string of the molecule is CCCCCC=CCC=CCCCCCCCC(=O)O[C@H](CC(=O)O)C[N+](C)(C)C. The summed E-state index contributed by atoms with van der Waals surface area (Å²) in [5.41, 5.74) is 0. The number of quaternary nitrogens is 1. The number of carbonyl (C=O) groups excluding carboxylic acids is 1. The summed E-state index contributed by atoms with van der Waals surface area (Å²) in [4.78, 5) is 23.0. The normalized spacial score (nSPS) is 13.2. The molecule has 0 fully saturated rings. The van der Waals surface area contributed by atoms with Crippen molar-refractivity contribution >= 4 is 11.9 Å². The third-order valence-corrected chi connectivity index (χ3v) is 4.78. The number of carbonyl (C=O) groups is 2. The number of nitrogens with zero attached hydrogens (tertiary/aromatic N) is 1. The Hall–Kier alpha value is -1.62. The van der Waals surface area contributed by atoms with Gasteiger partial charge in [0.2, 0.25) is 0 Å². The maximum atomic E-state index is 12.0. The Morgan fingerprint density at radius 3 is 2.00 bits per heavy atom. The molecular formula is C25H46NO4+. The minimum atomic E-state index is -0.932. The second-order valence-corrected chi connectivity index (χ2v) is 9.16. The molecule has 0 spiro atoms. The highest BCUT2D eigenvalue weighted by Crippen LogP contribution is 2.11. The largest absolute Gasteiger partial charge is 0.481 e. The Balaban J connectivity index is 3.71. The highest BCUT2D eigenvalue weighted by Gasteiger charge is 2.24. The van der Waals surface area contributed by atoms with Gasteiger partial charge in [0, 0.05) is 6.42 Å². The molecule has 0 rings (SSSR count). The number of unbranched alkanes of at least 4 members (excludes halogenated alkanes) is 8. The van der Waals surface area contributed by atoms with Gasteiger partial charge in [-0.25, -0.2) is 0 Å². The fraction of sp³-hybridized carbons (Fsp3) is 0.760. The van der Waals surface area contributed by atoms with Crippen LogP contribution in [0.5, 0.6) is 0 Å². The summed E-state index contributed by atoms with van der Waals surface area (Å²) in [7, 11) is 5.88. The third kappa shape index (κ3) is 21.1. The Kier molecular flexibility index (Phi) is 17.2. The molecule has 5 heteroatoms. The van der Waals surface area contributed by atoms with Crippen molar-refractivity contribution in [1.82, 2.24) is 0 Å². The zero-order chi connectivity index (χ0) is 22.7.